The van der Waals surface area contributed by atoms with Gasteiger partial charge in [-0.05, 0) is 46.8 Å². The SMILES string of the molecule is N=C(N)c1c(Br)cccc1OCC1CCCCC1. The predicted octanol–water partition coefficient (Wildman–Crippen LogP) is 3.69. The van der Waals surface area contributed by atoms with Crippen LogP contribution in [0.4, 0.5) is 0 Å². The van der Waals surface area contributed by atoms with Crippen molar-refractivity contribution in [3.63, 3.8) is 0 Å². The first kappa shape index (κ1) is 13.4. The summed E-state index contributed by atoms with van der Waals surface area (Å²) in [5, 5.41) is 7.61. The number of hydrogen-bond donors (Lipinski definition) is 2. The van der Waals surface area contributed by atoms with Crippen LogP contribution < -0.4 is 10.5 Å². The number of nitrogen functional groups attached to an aromatic ring is 1. The third-order valence-corrected chi connectivity index (χ3v) is 4.10. The van der Waals surface area contributed by atoms with Crippen molar-refractivity contribution in [1.82, 2.24) is 0 Å². The first-order chi connectivity index (χ1) is 8.68. The van der Waals surface area contributed by atoms with Crippen molar-refractivity contribution >= 4 is 21.8 Å². The Labute approximate surface area is 116 Å². The lowest BCUT2D eigenvalue weighted by Crippen LogP contribution is -2.18. The van der Waals surface area contributed by atoms with E-state index in [-0.39, 0.29) is 5.84 Å². The van der Waals surface area contributed by atoms with E-state index in [9.17, 15) is 0 Å². The molecule has 1 saturated carbocycles. The molecule has 1 aliphatic carbocycles. The highest BCUT2D eigenvalue weighted by atomic mass is 79.9. The molecule has 0 aliphatic heterocycles. The second-order valence-electron chi connectivity index (χ2n) is 4.84. The number of amidine groups is 1. The summed E-state index contributed by atoms with van der Waals surface area (Å²) in [7, 11) is 0. The molecular weight excluding hydrogens is 292 g/mol. The highest BCUT2D eigenvalue weighted by Gasteiger charge is 2.16. The van der Waals surface area contributed by atoms with Gasteiger partial charge in [-0.15, -0.1) is 0 Å². The molecule has 3 N–H and O–H groups in total. The van der Waals surface area contributed by atoms with E-state index in [2.05, 4.69) is 15.9 Å². The zero-order valence-corrected chi connectivity index (χ0v) is 12.0. The number of hydrogen-bond acceptors (Lipinski definition) is 2. The van der Waals surface area contributed by atoms with Crippen LogP contribution in [0.1, 0.15) is 37.7 Å². The smallest absolute Gasteiger partial charge is 0.131 e. The normalized spacial score (nSPS) is 16.5. The molecule has 0 radical (unpaired) electrons. The van der Waals surface area contributed by atoms with Gasteiger partial charge in [-0.1, -0.05) is 25.3 Å². The minimum Gasteiger partial charge on any atom is -0.492 e. The van der Waals surface area contributed by atoms with Gasteiger partial charge in [-0.2, -0.15) is 0 Å². The summed E-state index contributed by atoms with van der Waals surface area (Å²) >= 11 is 3.41. The summed E-state index contributed by atoms with van der Waals surface area (Å²) in [6.07, 6.45) is 6.48. The molecule has 18 heavy (non-hydrogen) atoms. The Morgan fingerprint density at radius 2 is 2.06 bits per heavy atom. The van der Waals surface area contributed by atoms with Crippen LogP contribution in [0.3, 0.4) is 0 Å². The second kappa shape index (κ2) is 6.23. The Bertz CT molecular complexity index is 428. The van der Waals surface area contributed by atoms with E-state index in [1.165, 1.54) is 32.1 Å². The summed E-state index contributed by atoms with van der Waals surface area (Å²) in [6.45, 7) is 0.733. The Morgan fingerprint density at radius 1 is 1.33 bits per heavy atom. The Kier molecular flexibility index (Phi) is 4.64. The fraction of sp³-hybridized carbons (Fsp3) is 0.500. The molecule has 0 aromatic heterocycles. The van der Waals surface area contributed by atoms with E-state index in [0.717, 1.165) is 11.1 Å². The molecule has 0 bridgehead atoms. The van der Waals surface area contributed by atoms with Crippen molar-refractivity contribution in [1.29, 1.82) is 5.41 Å². The fourth-order valence-corrected chi connectivity index (χ4v) is 3.01. The van der Waals surface area contributed by atoms with Gasteiger partial charge in [0.1, 0.15) is 11.6 Å². The van der Waals surface area contributed by atoms with Crippen molar-refractivity contribution in [2.75, 3.05) is 6.61 Å². The summed E-state index contributed by atoms with van der Waals surface area (Å²) in [6, 6.07) is 5.67. The van der Waals surface area contributed by atoms with E-state index >= 15 is 0 Å². The van der Waals surface area contributed by atoms with E-state index in [1.54, 1.807) is 0 Å². The third kappa shape index (κ3) is 3.25. The first-order valence-electron chi connectivity index (χ1n) is 6.44. The number of ether oxygens (including phenoxy) is 1. The molecule has 0 unspecified atom stereocenters. The van der Waals surface area contributed by atoms with Crippen LogP contribution in [-0.4, -0.2) is 12.4 Å². The van der Waals surface area contributed by atoms with E-state index in [4.69, 9.17) is 15.9 Å². The van der Waals surface area contributed by atoms with Crippen LogP contribution in [0.5, 0.6) is 5.75 Å². The van der Waals surface area contributed by atoms with Gasteiger partial charge < -0.3 is 10.5 Å². The van der Waals surface area contributed by atoms with Gasteiger partial charge in [0.05, 0.1) is 12.2 Å². The van der Waals surface area contributed by atoms with Crippen molar-refractivity contribution in [2.24, 2.45) is 11.7 Å². The van der Waals surface area contributed by atoms with Gasteiger partial charge in [0.2, 0.25) is 0 Å². The fourth-order valence-electron chi connectivity index (χ4n) is 2.45. The van der Waals surface area contributed by atoms with Gasteiger partial charge in [-0.3, -0.25) is 5.41 Å². The van der Waals surface area contributed by atoms with Crippen LogP contribution in [0.15, 0.2) is 22.7 Å². The lowest BCUT2D eigenvalue weighted by atomic mass is 9.90. The van der Waals surface area contributed by atoms with E-state index in [1.807, 2.05) is 18.2 Å². The summed E-state index contributed by atoms with van der Waals surface area (Å²) < 4.78 is 6.68. The largest absolute Gasteiger partial charge is 0.492 e. The molecule has 0 saturated heterocycles. The summed E-state index contributed by atoms with van der Waals surface area (Å²) in [5.74, 6) is 1.40. The van der Waals surface area contributed by atoms with Gasteiger partial charge in [-0.25, -0.2) is 0 Å². The van der Waals surface area contributed by atoms with E-state index < -0.39 is 0 Å². The van der Waals surface area contributed by atoms with Gasteiger partial charge in [0.15, 0.2) is 0 Å². The molecule has 1 fully saturated rings. The number of rotatable bonds is 4. The van der Waals surface area contributed by atoms with Crippen LogP contribution in [0.25, 0.3) is 0 Å². The minimum absolute atomic E-state index is 0.0427. The van der Waals surface area contributed by atoms with Crippen LogP contribution in [0.2, 0.25) is 0 Å². The molecular formula is C14H19BrN2O. The molecule has 0 atom stereocenters. The number of benzene rings is 1. The monoisotopic (exact) mass is 310 g/mol. The van der Waals surface area contributed by atoms with Gasteiger partial charge in [0, 0.05) is 4.47 Å². The highest BCUT2D eigenvalue weighted by molar-refractivity contribution is 9.10. The number of halogens is 1. The van der Waals surface area contributed by atoms with Crippen molar-refractivity contribution in [3.05, 3.63) is 28.2 Å². The van der Waals surface area contributed by atoms with Crippen molar-refractivity contribution < 1.29 is 4.74 Å². The topological polar surface area (TPSA) is 59.1 Å². The van der Waals surface area contributed by atoms with E-state index in [0.29, 0.717) is 17.2 Å². The van der Waals surface area contributed by atoms with Crippen molar-refractivity contribution in [3.8, 4) is 5.75 Å². The lowest BCUT2D eigenvalue weighted by molar-refractivity contribution is 0.208. The maximum atomic E-state index is 7.61. The molecule has 1 aromatic rings. The highest BCUT2D eigenvalue weighted by Crippen LogP contribution is 2.29. The average Bonchev–Trinajstić information content (AvgIpc) is 2.37. The Balaban J connectivity index is 2.04. The zero-order valence-electron chi connectivity index (χ0n) is 10.4. The van der Waals surface area contributed by atoms with Crippen molar-refractivity contribution in [2.45, 2.75) is 32.1 Å². The molecule has 0 spiro atoms. The van der Waals surface area contributed by atoms with Crippen LogP contribution in [-0.2, 0) is 0 Å². The molecule has 4 heteroatoms. The van der Waals surface area contributed by atoms with Gasteiger partial charge >= 0.3 is 0 Å². The van der Waals surface area contributed by atoms with Gasteiger partial charge in [0.25, 0.3) is 0 Å². The molecule has 98 valence electrons. The molecule has 0 amide bonds. The Morgan fingerprint density at radius 3 is 2.72 bits per heavy atom. The maximum Gasteiger partial charge on any atom is 0.131 e. The Hall–Kier alpha value is -1.03. The number of nitrogens with two attached hydrogens (primary N) is 1. The second-order valence-corrected chi connectivity index (χ2v) is 5.70. The molecule has 2 rings (SSSR count). The quantitative estimate of drug-likeness (QED) is 0.658. The molecule has 3 nitrogen and oxygen atoms in total. The molecule has 1 aliphatic rings. The zero-order chi connectivity index (χ0) is 13.0. The van der Waals surface area contributed by atoms with Crippen LogP contribution >= 0.6 is 15.9 Å². The molecule has 0 heterocycles. The summed E-state index contributed by atoms with van der Waals surface area (Å²) in [5.41, 5.74) is 6.26. The maximum absolute atomic E-state index is 7.61. The third-order valence-electron chi connectivity index (χ3n) is 3.44. The minimum atomic E-state index is 0.0427. The summed E-state index contributed by atoms with van der Waals surface area (Å²) in [4.78, 5) is 0. The predicted molar refractivity (Wildman–Crippen MR) is 77.2 cm³/mol. The molecule has 1 aromatic carbocycles. The van der Waals surface area contributed by atoms with Crippen LogP contribution in [0, 0.1) is 11.3 Å². The lowest BCUT2D eigenvalue weighted by Gasteiger charge is -2.22. The first-order valence-corrected chi connectivity index (χ1v) is 7.23. The number of nitrogens with one attached hydrogen (secondary N) is 1. The standard InChI is InChI=1S/C14H19BrN2O/c15-11-7-4-8-12(13(11)14(16)17)18-9-10-5-2-1-3-6-10/h4,7-8,10H,1-3,5-6,9H2,(H3,16,17). The average molecular weight is 311 g/mol.